The summed E-state index contributed by atoms with van der Waals surface area (Å²) in [5, 5.41) is 7.75. The Balaban J connectivity index is 1.19. The molecule has 0 amide bonds. The van der Waals surface area contributed by atoms with Gasteiger partial charge in [0.1, 0.15) is 5.03 Å². The zero-order chi connectivity index (χ0) is 20.2. The molecule has 0 spiro atoms. The minimum atomic E-state index is 0.734. The average Bonchev–Trinajstić information content (AvgIpc) is 2.81. The lowest BCUT2D eigenvalue weighted by molar-refractivity contribution is 0.913. The highest BCUT2D eigenvalue weighted by Crippen LogP contribution is 2.42. The van der Waals surface area contributed by atoms with Crippen LogP contribution >= 0.6 is 11.8 Å². The molecule has 5 nitrogen and oxygen atoms in total. The van der Waals surface area contributed by atoms with Crippen LogP contribution in [0, 0.1) is 0 Å². The molecular weight excluding hydrogens is 390 g/mol. The number of hydrogen-bond acceptors (Lipinski definition) is 6. The predicted molar refractivity (Wildman–Crippen MR) is 121 cm³/mol. The fourth-order valence-electron chi connectivity index (χ4n) is 3.39. The highest BCUT2D eigenvalue weighted by molar-refractivity contribution is 7.99. The molecule has 4 aromatic rings. The third-order valence-corrected chi connectivity index (χ3v) is 6.07. The first kappa shape index (κ1) is 18.6. The number of hydrogen-bond donors (Lipinski definition) is 2. The molecule has 0 unspecified atom stereocenters. The number of anilines is 3. The summed E-state index contributed by atoms with van der Waals surface area (Å²) in [7, 11) is 0. The Morgan fingerprint density at radius 1 is 0.833 bits per heavy atom. The fraction of sp³-hybridized carbons (Fsp3) is 0.125. The van der Waals surface area contributed by atoms with Gasteiger partial charge in [0.2, 0.25) is 0 Å². The van der Waals surface area contributed by atoms with Crippen molar-refractivity contribution in [1.82, 2.24) is 15.0 Å². The molecule has 1 aliphatic heterocycles. The lowest BCUT2D eigenvalue weighted by Gasteiger charge is -2.19. The van der Waals surface area contributed by atoms with Crippen LogP contribution in [0.4, 0.5) is 17.2 Å². The normalized spacial score (nSPS) is 11.9. The van der Waals surface area contributed by atoms with E-state index in [1.807, 2.05) is 12.3 Å². The van der Waals surface area contributed by atoms with E-state index in [2.05, 4.69) is 80.2 Å². The van der Waals surface area contributed by atoms with Crippen LogP contribution in [0.15, 0.2) is 89.2 Å². The first-order valence-corrected chi connectivity index (χ1v) is 10.8. The molecular formula is C24H21N5S. The Kier molecular flexibility index (Phi) is 5.31. The smallest absolute Gasteiger partial charge is 0.163 e. The van der Waals surface area contributed by atoms with E-state index in [0.717, 1.165) is 52.2 Å². The predicted octanol–water partition coefficient (Wildman–Crippen LogP) is 5.48. The molecule has 0 aliphatic carbocycles. The number of benzene rings is 2. The number of rotatable bonds is 6. The van der Waals surface area contributed by atoms with Crippen molar-refractivity contribution in [2.24, 2.45) is 0 Å². The summed E-state index contributed by atoms with van der Waals surface area (Å²) in [4.78, 5) is 14.5. The molecule has 2 aromatic heterocycles. The number of pyridine rings is 1. The second-order valence-corrected chi connectivity index (χ2v) is 8.18. The van der Waals surface area contributed by atoms with E-state index in [9.17, 15) is 0 Å². The topological polar surface area (TPSA) is 62.7 Å². The molecule has 2 N–H and O–H groups in total. The monoisotopic (exact) mass is 411 g/mol. The highest BCUT2D eigenvalue weighted by Gasteiger charge is 2.17. The van der Waals surface area contributed by atoms with Crippen LogP contribution in [0.3, 0.4) is 0 Å². The minimum Gasteiger partial charge on any atom is -0.380 e. The number of aryl methyl sites for hydroxylation is 2. The number of fused-ring (bicyclic) bond motifs is 2. The van der Waals surface area contributed by atoms with E-state index in [4.69, 9.17) is 0 Å². The molecule has 1 aliphatic rings. The summed E-state index contributed by atoms with van der Waals surface area (Å²) in [6, 6.07) is 21.2. The van der Waals surface area contributed by atoms with Crippen molar-refractivity contribution in [3.8, 4) is 0 Å². The van der Waals surface area contributed by atoms with Gasteiger partial charge in [0.25, 0.3) is 0 Å². The molecule has 0 atom stereocenters. The van der Waals surface area contributed by atoms with Gasteiger partial charge in [-0.1, -0.05) is 48.2 Å². The van der Waals surface area contributed by atoms with E-state index in [1.165, 1.54) is 11.1 Å². The van der Waals surface area contributed by atoms with E-state index in [-0.39, 0.29) is 0 Å². The van der Waals surface area contributed by atoms with Gasteiger partial charge < -0.3 is 10.6 Å². The molecule has 30 heavy (non-hydrogen) atoms. The van der Waals surface area contributed by atoms with Crippen LogP contribution in [0.25, 0.3) is 0 Å². The molecule has 148 valence electrons. The Bertz CT molecular complexity index is 1150. The minimum absolute atomic E-state index is 0.734. The summed E-state index contributed by atoms with van der Waals surface area (Å²) in [6.07, 6.45) is 7.30. The van der Waals surface area contributed by atoms with E-state index in [0.29, 0.717) is 0 Å². The van der Waals surface area contributed by atoms with Gasteiger partial charge in [-0.2, -0.15) is 0 Å². The standard InChI is InChI=1S/C24H21N5S/c1-2-4-17(5-3-1)6-8-19-9-10-20(16-28-19)27-15-18-7-11-22-21(14-18)29-23-24(30-22)26-13-12-25-23/h1-5,7,9-14,16,27H,6,8,15H2,(H,25,29). The molecule has 0 fully saturated rings. The van der Waals surface area contributed by atoms with Crippen molar-refractivity contribution in [3.63, 3.8) is 0 Å². The molecule has 0 saturated carbocycles. The Hall–Kier alpha value is -3.38. The highest BCUT2D eigenvalue weighted by atomic mass is 32.2. The maximum atomic E-state index is 4.61. The van der Waals surface area contributed by atoms with Gasteiger partial charge in [-0.05, 0) is 48.2 Å². The molecule has 5 rings (SSSR count). The number of nitrogens with zero attached hydrogens (tertiary/aromatic N) is 3. The van der Waals surface area contributed by atoms with Gasteiger partial charge in [-0.15, -0.1) is 0 Å². The zero-order valence-electron chi connectivity index (χ0n) is 16.4. The number of aromatic nitrogens is 3. The lowest BCUT2D eigenvalue weighted by atomic mass is 10.1. The second kappa shape index (κ2) is 8.55. The molecule has 6 heteroatoms. The summed E-state index contributed by atoms with van der Waals surface area (Å²) in [5.74, 6) is 0.815. The van der Waals surface area contributed by atoms with E-state index < -0.39 is 0 Å². The van der Waals surface area contributed by atoms with Gasteiger partial charge >= 0.3 is 0 Å². The SMILES string of the molecule is c1ccc(CCc2ccc(NCc3ccc4c(c3)Nc3nccnc3S4)cn2)cc1. The van der Waals surface area contributed by atoms with Gasteiger partial charge in [-0.3, -0.25) is 4.98 Å². The fourth-order valence-corrected chi connectivity index (χ4v) is 4.27. The van der Waals surface area contributed by atoms with E-state index >= 15 is 0 Å². The van der Waals surface area contributed by atoms with Gasteiger partial charge in [0.15, 0.2) is 5.82 Å². The molecule has 0 radical (unpaired) electrons. The largest absolute Gasteiger partial charge is 0.380 e. The first-order valence-electron chi connectivity index (χ1n) is 9.95. The summed E-state index contributed by atoms with van der Waals surface area (Å²) >= 11 is 1.64. The van der Waals surface area contributed by atoms with Gasteiger partial charge in [0.05, 0.1) is 17.6 Å². The Labute approximate surface area is 180 Å². The van der Waals surface area contributed by atoms with Crippen molar-refractivity contribution in [2.45, 2.75) is 29.3 Å². The van der Waals surface area contributed by atoms with Gasteiger partial charge in [-0.25, -0.2) is 9.97 Å². The lowest BCUT2D eigenvalue weighted by Crippen LogP contribution is -2.05. The number of nitrogens with one attached hydrogen (secondary N) is 2. The van der Waals surface area contributed by atoms with Crippen LogP contribution < -0.4 is 10.6 Å². The summed E-state index contributed by atoms with van der Waals surface area (Å²) in [5.41, 5.74) is 5.74. The van der Waals surface area contributed by atoms with Crippen LogP contribution in [0.1, 0.15) is 16.8 Å². The Morgan fingerprint density at radius 3 is 2.60 bits per heavy atom. The van der Waals surface area contributed by atoms with Crippen molar-refractivity contribution in [1.29, 1.82) is 0 Å². The maximum Gasteiger partial charge on any atom is 0.163 e. The van der Waals surface area contributed by atoms with Crippen LogP contribution in [0.2, 0.25) is 0 Å². The van der Waals surface area contributed by atoms with Crippen molar-refractivity contribution in [3.05, 3.63) is 96.1 Å². The Morgan fingerprint density at radius 2 is 1.73 bits per heavy atom. The molecule has 3 heterocycles. The molecule has 2 aromatic carbocycles. The van der Waals surface area contributed by atoms with Crippen LogP contribution in [-0.2, 0) is 19.4 Å². The summed E-state index contributed by atoms with van der Waals surface area (Å²) < 4.78 is 0. The summed E-state index contributed by atoms with van der Waals surface area (Å²) in [6.45, 7) is 0.734. The quantitative estimate of drug-likeness (QED) is 0.386. The molecule has 0 bridgehead atoms. The third kappa shape index (κ3) is 4.28. The van der Waals surface area contributed by atoms with Crippen molar-refractivity contribution in [2.75, 3.05) is 10.6 Å². The van der Waals surface area contributed by atoms with Crippen molar-refractivity contribution >= 4 is 29.0 Å². The third-order valence-electron chi connectivity index (χ3n) is 5.00. The van der Waals surface area contributed by atoms with Crippen molar-refractivity contribution < 1.29 is 0 Å². The van der Waals surface area contributed by atoms with Crippen LogP contribution in [0.5, 0.6) is 0 Å². The van der Waals surface area contributed by atoms with E-state index in [1.54, 1.807) is 24.2 Å². The zero-order valence-corrected chi connectivity index (χ0v) is 17.2. The maximum absolute atomic E-state index is 4.61. The van der Waals surface area contributed by atoms with Crippen LogP contribution in [-0.4, -0.2) is 15.0 Å². The molecule has 0 saturated heterocycles. The average molecular weight is 412 g/mol. The van der Waals surface area contributed by atoms with Gasteiger partial charge in [0, 0.05) is 29.5 Å². The second-order valence-electron chi connectivity index (χ2n) is 7.15. The first-order chi connectivity index (χ1) is 14.8.